The number of aromatic nitrogens is 1. The van der Waals surface area contributed by atoms with E-state index >= 15 is 0 Å². The molecular formula is C21H26N4O3. The maximum atomic E-state index is 13.0. The van der Waals surface area contributed by atoms with Crippen molar-refractivity contribution >= 4 is 23.3 Å². The van der Waals surface area contributed by atoms with Gasteiger partial charge >= 0.3 is 0 Å². The monoisotopic (exact) mass is 382 g/mol. The van der Waals surface area contributed by atoms with Gasteiger partial charge in [0, 0.05) is 13.0 Å². The average Bonchev–Trinajstić information content (AvgIpc) is 3.04. The van der Waals surface area contributed by atoms with Crippen LogP contribution in [0.4, 0.5) is 11.5 Å². The largest absolute Gasteiger partial charge is 0.497 e. The molecule has 1 saturated heterocycles. The van der Waals surface area contributed by atoms with Crippen LogP contribution in [-0.4, -0.2) is 35.4 Å². The Morgan fingerprint density at radius 2 is 2.04 bits per heavy atom. The van der Waals surface area contributed by atoms with Crippen LogP contribution >= 0.6 is 0 Å². The van der Waals surface area contributed by atoms with Gasteiger partial charge in [-0.3, -0.25) is 9.59 Å². The van der Waals surface area contributed by atoms with Crippen molar-refractivity contribution < 1.29 is 14.3 Å². The molecule has 0 bridgehead atoms. The van der Waals surface area contributed by atoms with Crippen molar-refractivity contribution in [1.29, 1.82) is 0 Å². The van der Waals surface area contributed by atoms with E-state index in [1.165, 1.54) is 6.20 Å². The number of nitrogens with one attached hydrogen (secondary N) is 1. The Bertz CT molecular complexity index is 821. The molecule has 1 aliphatic heterocycles. The van der Waals surface area contributed by atoms with Crippen molar-refractivity contribution in [3.63, 3.8) is 0 Å². The third kappa shape index (κ3) is 4.24. The second-order valence-corrected chi connectivity index (χ2v) is 6.93. The van der Waals surface area contributed by atoms with E-state index in [1.54, 1.807) is 19.2 Å². The number of methoxy groups -OCH3 is 1. The number of nitrogens with zero attached hydrogens (tertiary/aromatic N) is 2. The van der Waals surface area contributed by atoms with Gasteiger partial charge in [-0.15, -0.1) is 0 Å². The lowest BCUT2D eigenvalue weighted by molar-refractivity contribution is -0.129. The maximum absolute atomic E-state index is 13.0. The summed E-state index contributed by atoms with van der Waals surface area (Å²) < 4.78 is 5.23. The fourth-order valence-electron chi connectivity index (χ4n) is 3.55. The van der Waals surface area contributed by atoms with E-state index in [0.717, 1.165) is 24.2 Å². The number of hydrogen-bond donors (Lipinski definition) is 2. The zero-order valence-corrected chi connectivity index (χ0v) is 16.2. The highest BCUT2D eigenvalue weighted by molar-refractivity contribution is 5.98. The zero-order chi connectivity index (χ0) is 20.1. The quantitative estimate of drug-likeness (QED) is 0.767. The minimum Gasteiger partial charge on any atom is -0.497 e. The van der Waals surface area contributed by atoms with Crippen LogP contribution < -0.4 is 15.8 Å². The normalized spacial score (nSPS) is 18.9. The Hall–Kier alpha value is -3.09. The number of carbonyl (C=O) groups excluding carboxylic acids is 2. The SMILES string of the molecule is CCCCN1C(=O)CC(C(=O)Nc2ccc(N)nc2)C1c1ccc(OC)cc1. The predicted octanol–water partition coefficient (Wildman–Crippen LogP) is 3.00. The van der Waals surface area contributed by atoms with Crippen LogP contribution in [0.3, 0.4) is 0 Å². The van der Waals surface area contributed by atoms with Crippen LogP contribution in [0.2, 0.25) is 0 Å². The number of nitrogen functional groups attached to an aromatic ring is 1. The predicted molar refractivity (Wildman–Crippen MR) is 108 cm³/mol. The molecule has 2 heterocycles. The number of ether oxygens (including phenoxy) is 1. The summed E-state index contributed by atoms with van der Waals surface area (Å²) in [5.74, 6) is 0.456. The topological polar surface area (TPSA) is 97.6 Å². The molecule has 3 rings (SSSR count). The molecule has 7 nitrogen and oxygen atoms in total. The number of unbranched alkanes of at least 4 members (excludes halogenated alkanes) is 1. The molecule has 28 heavy (non-hydrogen) atoms. The summed E-state index contributed by atoms with van der Waals surface area (Å²) in [5.41, 5.74) is 7.09. The van der Waals surface area contributed by atoms with Crippen molar-refractivity contribution in [3.05, 3.63) is 48.2 Å². The lowest BCUT2D eigenvalue weighted by Gasteiger charge is -2.28. The molecule has 2 atom stereocenters. The molecule has 1 aliphatic rings. The molecule has 148 valence electrons. The smallest absolute Gasteiger partial charge is 0.230 e. The number of anilines is 2. The van der Waals surface area contributed by atoms with Gasteiger partial charge in [-0.25, -0.2) is 4.98 Å². The summed E-state index contributed by atoms with van der Waals surface area (Å²) in [5, 5.41) is 2.87. The van der Waals surface area contributed by atoms with Crippen LogP contribution in [0.1, 0.15) is 37.8 Å². The summed E-state index contributed by atoms with van der Waals surface area (Å²) in [6, 6.07) is 10.6. The lowest BCUT2D eigenvalue weighted by atomic mass is 9.92. The van der Waals surface area contributed by atoms with Crippen molar-refractivity contribution in [2.75, 3.05) is 24.7 Å². The molecule has 2 amide bonds. The van der Waals surface area contributed by atoms with Gasteiger partial charge in [0.05, 0.1) is 31.0 Å². The molecule has 3 N–H and O–H groups in total. The first-order valence-corrected chi connectivity index (χ1v) is 9.49. The molecular weight excluding hydrogens is 356 g/mol. The first kappa shape index (κ1) is 19.7. The highest BCUT2D eigenvalue weighted by atomic mass is 16.5. The van der Waals surface area contributed by atoms with E-state index in [1.807, 2.05) is 29.2 Å². The Morgan fingerprint density at radius 3 is 2.64 bits per heavy atom. The number of likely N-dealkylation sites (tertiary alicyclic amines) is 1. The van der Waals surface area contributed by atoms with Crippen molar-refractivity contribution in [1.82, 2.24) is 9.88 Å². The molecule has 2 unspecified atom stereocenters. The van der Waals surface area contributed by atoms with Crippen LogP contribution in [0.5, 0.6) is 5.75 Å². The minimum atomic E-state index is -0.477. The van der Waals surface area contributed by atoms with E-state index in [4.69, 9.17) is 10.5 Å². The molecule has 1 fully saturated rings. The highest BCUT2D eigenvalue weighted by Gasteiger charge is 2.44. The number of benzene rings is 1. The summed E-state index contributed by atoms with van der Waals surface area (Å²) in [4.78, 5) is 31.5. The summed E-state index contributed by atoms with van der Waals surface area (Å²) >= 11 is 0. The standard InChI is InChI=1S/C21H26N4O3/c1-3-4-11-25-19(26)12-17(20(25)14-5-8-16(28-2)9-6-14)21(27)24-15-7-10-18(22)23-13-15/h5-10,13,17,20H,3-4,11-12H2,1-2H3,(H2,22,23)(H,24,27). The molecule has 0 radical (unpaired) electrons. The van der Waals surface area contributed by atoms with Gasteiger partial charge in [-0.1, -0.05) is 25.5 Å². The van der Waals surface area contributed by atoms with Gasteiger partial charge in [0.15, 0.2) is 0 Å². The molecule has 0 aliphatic carbocycles. The van der Waals surface area contributed by atoms with Gasteiger partial charge in [-0.2, -0.15) is 0 Å². The summed E-state index contributed by atoms with van der Waals surface area (Å²) in [7, 11) is 1.61. The Labute approximate surface area is 164 Å². The molecule has 1 aromatic carbocycles. The highest BCUT2D eigenvalue weighted by Crippen LogP contribution is 2.39. The Kier molecular flexibility index (Phi) is 6.13. The molecule has 1 aromatic heterocycles. The molecule has 2 aromatic rings. The third-order valence-electron chi connectivity index (χ3n) is 5.03. The van der Waals surface area contributed by atoms with Crippen LogP contribution in [0.15, 0.2) is 42.6 Å². The minimum absolute atomic E-state index is 0.00449. The summed E-state index contributed by atoms with van der Waals surface area (Å²) in [6.45, 7) is 2.72. The second-order valence-electron chi connectivity index (χ2n) is 6.93. The number of nitrogens with two attached hydrogens (primary N) is 1. The number of carbonyl (C=O) groups is 2. The van der Waals surface area contributed by atoms with E-state index in [9.17, 15) is 9.59 Å². The van der Waals surface area contributed by atoms with Crippen LogP contribution in [-0.2, 0) is 9.59 Å². The van der Waals surface area contributed by atoms with E-state index in [-0.39, 0.29) is 24.3 Å². The van der Waals surface area contributed by atoms with Crippen LogP contribution in [0, 0.1) is 5.92 Å². The number of hydrogen-bond acceptors (Lipinski definition) is 5. The first-order valence-electron chi connectivity index (χ1n) is 9.49. The van der Waals surface area contributed by atoms with Gasteiger partial charge in [0.2, 0.25) is 11.8 Å². The van der Waals surface area contributed by atoms with Crippen molar-refractivity contribution in [2.45, 2.75) is 32.2 Å². The Balaban J connectivity index is 1.86. The van der Waals surface area contributed by atoms with Gasteiger partial charge < -0.3 is 20.7 Å². The fourth-order valence-corrected chi connectivity index (χ4v) is 3.55. The lowest BCUT2D eigenvalue weighted by Crippen LogP contribution is -2.33. The van der Waals surface area contributed by atoms with E-state index in [2.05, 4.69) is 17.2 Å². The number of amides is 2. The first-order chi connectivity index (χ1) is 13.5. The van der Waals surface area contributed by atoms with Crippen molar-refractivity contribution in [3.8, 4) is 5.75 Å². The van der Waals surface area contributed by atoms with E-state index in [0.29, 0.717) is 18.1 Å². The Morgan fingerprint density at radius 1 is 1.29 bits per heavy atom. The summed E-state index contributed by atoms with van der Waals surface area (Å²) in [6.07, 6.45) is 3.58. The second kappa shape index (κ2) is 8.73. The van der Waals surface area contributed by atoms with Gasteiger partial charge in [0.25, 0.3) is 0 Å². The third-order valence-corrected chi connectivity index (χ3v) is 5.03. The molecule has 0 spiro atoms. The molecule has 0 saturated carbocycles. The van der Waals surface area contributed by atoms with Crippen LogP contribution in [0.25, 0.3) is 0 Å². The zero-order valence-electron chi connectivity index (χ0n) is 16.2. The van der Waals surface area contributed by atoms with Gasteiger partial charge in [0.1, 0.15) is 11.6 Å². The van der Waals surface area contributed by atoms with E-state index < -0.39 is 5.92 Å². The number of rotatable bonds is 7. The fraction of sp³-hybridized carbons (Fsp3) is 0.381. The number of pyridine rings is 1. The van der Waals surface area contributed by atoms with Gasteiger partial charge in [-0.05, 0) is 36.2 Å². The molecule has 7 heteroatoms. The van der Waals surface area contributed by atoms with Crippen molar-refractivity contribution in [2.24, 2.45) is 5.92 Å². The average molecular weight is 382 g/mol. The maximum Gasteiger partial charge on any atom is 0.230 e.